The molecule has 0 bridgehead atoms. The predicted octanol–water partition coefficient (Wildman–Crippen LogP) is 1.61. The van der Waals surface area contributed by atoms with Crippen LogP contribution in [-0.2, 0) is 0 Å². The fourth-order valence-corrected chi connectivity index (χ4v) is 2.44. The molecule has 0 spiro atoms. The fraction of sp³-hybridized carbons (Fsp3) is 0.429. The Hall–Kier alpha value is -1.88. The van der Waals surface area contributed by atoms with E-state index in [0.29, 0.717) is 11.1 Å². The quantitative estimate of drug-likeness (QED) is 0.822. The summed E-state index contributed by atoms with van der Waals surface area (Å²) in [4.78, 5) is 20.7. The van der Waals surface area contributed by atoms with Gasteiger partial charge in [0.2, 0.25) is 0 Å². The van der Waals surface area contributed by atoms with E-state index in [-0.39, 0.29) is 5.91 Å². The minimum atomic E-state index is 0.0778. The van der Waals surface area contributed by atoms with Gasteiger partial charge in [-0.2, -0.15) is 0 Å². The van der Waals surface area contributed by atoms with Crippen LogP contribution in [0.15, 0.2) is 29.0 Å². The van der Waals surface area contributed by atoms with Gasteiger partial charge in [-0.1, -0.05) is 6.92 Å². The lowest BCUT2D eigenvalue weighted by atomic mass is 10.1. The number of benzene rings is 1. The van der Waals surface area contributed by atoms with Crippen molar-refractivity contribution in [2.45, 2.75) is 6.92 Å². The van der Waals surface area contributed by atoms with Gasteiger partial charge in [0.15, 0.2) is 12.0 Å². The zero-order chi connectivity index (χ0) is 13.2. The molecule has 0 unspecified atom stereocenters. The van der Waals surface area contributed by atoms with Crippen molar-refractivity contribution in [1.82, 2.24) is 14.8 Å². The second-order valence-electron chi connectivity index (χ2n) is 4.76. The number of hydrogen-bond donors (Lipinski definition) is 0. The third-order valence-corrected chi connectivity index (χ3v) is 3.68. The topological polar surface area (TPSA) is 49.6 Å². The first-order valence-electron chi connectivity index (χ1n) is 6.63. The summed E-state index contributed by atoms with van der Waals surface area (Å²) < 4.78 is 5.24. The Balaban J connectivity index is 1.76. The van der Waals surface area contributed by atoms with E-state index in [9.17, 15) is 4.79 Å². The molecule has 5 nitrogen and oxygen atoms in total. The maximum Gasteiger partial charge on any atom is 0.254 e. The first kappa shape index (κ1) is 12.2. The number of aromatic nitrogens is 1. The number of carbonyl (C=O) groups excluding carboxylic acids is 1. The van der Waals surface area contributed by atoms with Crippen LogP contribution in [0.25, 0.3) is 11.1 Å². The smallest absolute Gasteiger partial charge is 0.254 e. The molecule has 0 radical (unpaired) electrons. The lowest BCUT2D eigenvalue weighted by Gasteiger charge is -2.34. The molecule has 5 heteroatoms. The molecule has 1 saturated heterocycles. The van der Waals surface area contributed by atoms with E-state index in [1.807, 2.05) is 17.0 Å². The van der Waals surface area contributed by atoms with Gasteiger partial charge in [-0.25, -0.2) is 4.98 Å². The van der Waals surface area contributed by atoms with Crippen LogP contribution >= 0.6 is 0 Å². The minimum Gasteiger partial charge on any atom is -0.443 e. The molecular weight excluding hydrogens is 242 g/mol. The maximum absolute atomic E-state index is 12.4. The van der Waals surface area contributed by atoms with Crippen molar-refractivity contribution in [3.8, 4) is 0 Å². The van der Waals surface area contributed by atoms with Crippen LogP contribution in [0.2, 0.25) is 0 Å². The molecule has 19 heavy (non-hydrogen) atoms. The Morgan fingerprint density at radius 3 is 2.84 bits per heavy atom. The molecule has 2 heterocycles. The van der Waals surface area contributed by atoms with Gasteiger partial charge in [-0.05, 0) is 24.7 Å². The van der Waals surface area contributed by atoms with Crippen molar-refractivity contribution in [3.63, 3.8) is 0 Å². The number of likely N-dealkylation sites (N-methyl/N-ethyl adjacent to an activating group) is 1. The highest BCUT2D eigenvalue weighted by molar-refractivity contribution is 5.97. The van der Waals surface area contributed by atoms with Crippen molar-refractivity contribution < 1.29 is 9.21 Å². The van der Waals surface area contributed by atoms with Crippen molar-refractivity contribution in [2.75, 3.05) is 32.7 Å². The molecule has 0 atom stereocenters. The van der Waals surface area contributed by atoms with Gasteiger partial charge in [0.05, 0.1) is 0 Å². The summed E-state index contributed by atoms with van der Waals surface area (Å²) in [6.45, 7) is 6.68. The average molecular weight is 259 g/mol. The van der Waals surface area contributed by atoms with Crippen LogP contribution in [0, 0.1) is 0 Å². The van der Waals surface area contributed by atoms with E-state index in [2.05, 4.69) is 16.8 Å². The minimum absolute atomic E-state index is 0.0778. The van der Waals surface area contributed by atoms with Gasteiger partial charge in [0.25, 0.3) is 5.91 Å². The summed E-state index contributed by atoms with van der Waals surface area (Å²) >= 11 is 0. The highest BCUT2D eigenvalue weighted by Crippen LogP contribution is 2.16. The molecule has 2 aromatic rings. The SMILES string of the molecule is CCN1CCN(C(=O)c2ccc3ncoc3c2)CC1. The summed E-state index contributed by atoms with van der Waals surface area (Å²) in [6.07, 6.45) is 1.40. The third kappa shape index (κ3) is 2.33. The third-order valence-electron chi connectivity index (χ3n) is 3.68. The average Bonchev–Trinajstić information content (AvgIpc) is 2.94. The van der Waals surface area contributed by atoms with Crippen LogP contribution in [0.1, 0.15) is 17.3 Å². The number of amides is 1. The molecule has 0 saturated carbocycles. The van der Waals surface area contributed by atoms with Gasteiger partial charge in [0.1, 0.15) is 5.52 Å². The molecule has 1 aromatic heterocycles. The number of carbonyl (C=O) groups is 1. The number of fused-ring (bicyclic) bond motifs is 1. The second-order valence-corrected chi connectivity index (χ2v) is 4.76. The van der Waals surface area contributed by atoms with E-state index in [1.54, 1.807) is 6.07 Å². The van der Waals surface area contributed by atoms with Crippen molar-refractivity contribution in [2.24, 2.45) is 0 Å². The summed E-state index contributed by atoms with van der Waals surface area (Å²) in [5.41, 5.74) is 2.12. The normalized spacial score (nSPS) is 17.0. The van der Waals surface area contributed by atoms with Gasteiger partial charge < -0.3 is 14.2 Å². The molecule has 3 rings (SSSR count). The van der Waals surface area contributed by atoms with Crippen LogP contribution in [0.3, 0.4) is 0 Å². The Labute approximate surface area is 111 Å². The number of nitrogens with zero attached hydrogens (tertiary/aromatic N) is 3. The molecule has 0 N–H and O–H groups in total. The monoisotopic (exact) mass is 259 g/mol. The van der Waals surface area contributed by atoms with Gasteiger partial charge in [-0.15, -0.1) is 0 Å². The maximum atomic E-state index is 12.4. The predicted molar refractivity (Wildman–Crippen MR) is 72.0 cm³/mol. The molecule has 1 aliphatic heterocycles. The number of piperazine rings is 1. The van der Waals surface area contributed by atoms with E-state index >= 15 is 0 Å². The summed E-state index contributed by atoms with van der Waals surface area (Å²) in [5.74, 6) is 0.0778. The lowest BCUT2D eigenvalue weighted by Crippen LogP contribution is -2.48. The Morgan fingerprint density at radius 2 is 2.11 bits per heavy atom. The first-order valence-corrected chi connectivity index (χ1v) is 6.63. The van der Waals surface area contributed by atoms with Crippen LogP contribution in [0.5, 0.6) is 0 Å². The Morgan fingerprint density at radius 1 is 1.32 bits per heavy atom. The second kappa shape index (κ2) is 5.01. The van der Waals surface area contributed by atoms with Crippen molar-refractivity contribution in [3.05, 3.63) is 30.2 Å². The highest BCUT2D eigenvalue weighted by atomic mass is 16.3. The summed E-state index contributed by atoms with van der Waals surface area (Å²) in [6, 6.07) is 5.42. The van der Waals surface area contributed by atoms with Crippen molar-refractivity contribution in [1.29, 1.82) is 0 Å². The summed E-state index contributed by atoms with van der Waals surface area (Å²) in [5, 5.41) is 0. The summed E-state index contributed by atoms with van der Waals surface area (Å²) in [7, 11) is 0. The molecule has 1 aliphatic rings. The van der Waals surface area contributed by atoms with Gasteiger partial charge in [0, 0.05) is 31.7 Å². The van der Waals surface area contributed by atoms with Crippen LogP contribution < -0.4 is 0 Å². The van der Waals surface area contributed by atoms with Crippen molar-refractivity contribution >= 4 is 17.0 Å². The van der Waals surface area contributed by atoms with Crippen LogP contribution in [0.4, 0.5) is 0 Å². The Bertz CT molecular complexity index is 585. The van der Waals surface area contributed by atoms with Gasteiger partial charge >= 0.3 is 0 Å². The molecule has 1 aromatic carbocycles. The van der Waals surface area contributed by atoms with E-state index in [4.69, 9.17) is 4.42 Å². The lowest BCUT2D eigenvalue weighted by molar-refractivity contribution is 0.0643. The highest BCUT2D eigenvalue weighted by Gasteiger charge is 2.21. The largest absolute Gasteiger partial charge is 0.443 e. The van der Waals surface area contributed by atoms with E-state index < -0.39 is 0 Å². The number of oxazole rings is 1. The molecule has 100 valence electrons. The zero-order valence-electron chi connectivity index (χ0n) is 11.0. The molecular formula is C14H17N3O2. The molecule has 1 fully saturated rings. The standard InChI is InChI=1S/C14H17N3O2/c1-2-16-5-7-17(8-6-16)14(18)11-3-4-12-13(9-11)19-10-15-12/h3-4,9-10H,2,5-8H2,1H3. The van der Waals surface area contributed by atoms with E-state index in [1.165, 1.54) is 6.39 Å². The Kier molecular flexibility index (Phi) is 3.21. The first-order chi connectivity index (χ1) is 9.28. The molecule has 1 amide bonds. The number of hydrogen-bond acceptors (Lipinski definition) is 4. The molecule has 0 aliphatic carbocycles. The fourth-order valence-electron chi connectivity index (χ4n) is 2.44. The van der Waals surface area contributed by atoms with E-state index in [0.717, 1.165) is 38.2 Å². The van der Waals surface area contributed by atoms with Gasteiger partial charge in [-0.3, -0.25) is 4.79 Å². The zero-order valence-corrected chi connectivity index (χ0v) is 11.0. The number of rotatable bonds is 2. The van der Waals surface area contributed by atoms with Crippen LogP contribution in [-0.4, -0.2) is 53.4 Å².